The van der Waals surface area contributed by atoms with Crippen molar-refractivity contribution in [2.75, 3.05) is 26.4 Å². The summed E-state index contributed by atoms with van der Waals surface area (Å²) in [6, 6.07) is 0. The number of rotatable bonds is 52. The third-order valence-corrected chi connectivity index (χ3v) is 13.0. The molecule has 0 radical (unpaired) electrons. The van der Waals surface area contributed by atoms with Crippen LogP contribution < -0.4 is 0 Å². The van der Waals surface area contributed by atoms with Crippen molar-refractivity contribution in [3.63, 3.8) is 0 Å². The topological polar surface area (TPSA) is 155 Å². The van der Waals surface area contributed by atoms with Gasteiger partial charge >= 0.3 is 25.7 Å². The van der Waals surface area contributed by atoms with Gasteiger partial charge in [0.25, 0.3) is 0 Å². The Balaban J connectivity index is 4.65. The van der Waals surface area contributed by atoms with E-state index in [1.54, 1.807) is 0 Å². The van der Waals surface area contributed by atoms with E-state index in [1.807, 2.05) is 0 Å². The van der Waals surface area contributed by atoms with Gasteiger partial charge in [0, 0.05) is 19.3 Å². The second kappa shape index (κ2) is 51.1. The maximum absolute atomic E-state index is 12.9. The van der Waals surface area contributed by atoms with Crippen molar-refractivity contribution in [1.82, 2.24) is 0 Å². The van der Waals surface area contributed by atoms with E-state index in [1.165, 1.54) is 116 Å². The van der Waals surface area contributed by atoms with Crippen LogP contribution in [0.1, 0.15) is 265 Å². The van der Waals surface area contributed by atoms with Gasteiger partial charge in [0.15, 0.2) is 6.10 Å². The largest absolute Gasteiger partial charge is 0.472 e. The lowest BCUT2D eigenvalue weighted by Gasteiger charge is -2.21. The van der Waals surface area contributed by atoms with E-state index in [-0.39, 0.29) is 25.9 Å². The minimum Gasteiger partial charge on any atom is -0.462 e. The molecule has 0 aliphatic heterocycles. The number of carbonyl (C=O) groups is 3. The van der Waals surface area contributed by atoms with Gasteiger partial charge in [0.05, 0.1) is 19.8 Å². The highest BCUT2D eigenvalue weighted by molar-refractivity contribution is 7.47. The smallest absolute Gasteiger partial charge is 0.462 e. The molecule has 0 saturated heterocycles. The zero-order valence-electron chi connectivity index (χ0n) is 43.8. The Bertz CT molecular complexity index is 1280. The molecule has 12 heteroatoms. The monoisotopic (exact) mass is 983 g/mol. The molecule has 11 nitrogen and oxygen atoms in total. The van der Waals surface area contributed by atoms with Crippen molar-refractivity contribution in [3.05, 3.63) is 36.5 Å². The number of ether oxygens (including phenoxy) is 3. The molecule has 0 bridgehead atoms. The predicted molar refractivity (Wildman–Crippen MR) is 279 cm³/mol. The first-order chi connectivity index (χ1) is 33.2. The van der Waals surface area contributed by atoms with Crippen LogP contribution in [0.3, 0.4) is 0 Å². The first kappa shape index (κ1) is 65.7. The molecule has 3 unspecified atom stereocenters. The lowest BCUT2D eigenvalue weighted by molar-refractivity contribution is -0.161. The van der Waals surface area contributed by atoms with Gasteiger partial charge in [-0.15, -0.1) is 0 Å². The molecule has 398 valence electrons. The van der Waals surface area contributed by atoms with Crippen LogP contribution >= 0.6 is 7.82 Å². The highest BCUT2D eigenvalue weighted by Gasteiger charge is 2.28. The first-order valence-electron chi connectivity index (χ1n) is 27.9. The summed E-state index contributed by atoms with van der Waals surface area (Å²) in [7, 11) is -4.74. The van der Waals surface area contributed by atoms with Gasteiger partial charge in [0.1, 0.15) is 12.7 Å². The Hall–Kier alpha value is -2.30. The van der Waals surface area contributed by atoms with Gasteiger partial charge in [0.2, 0.25) is 0 Å². The molecule has 0 saturated carbocycles. The van der Waals surface area contributed by atoms with Crippen LogP contribution in [0, 0.1) is 0 Å². The molecule has 2 N–H and O–H groups in total. The number of esters is 3. The second-order valence-corrected chi connectivity index (χ2v) is 20.2. The number of aliphatic hydroxyl groups is 1. The highest BCUT2D eigenvalue weighted by Crippen LogP contribution is 2.43. The summed E-state index contributed by atoms with van der Waals surface area (Å²) in [5.41, 5.74) is 0. The molecule has 0 fully saturated rings. The number of allylic oxidation sites excluding steroid dienone is 6. The van der Waals surface area contributed by atoms with E-state index in [2.05, 4.69) is 57.2 Å². The van der Waals surface area contributed by atoms with Crippen LogP contribution in [0.2, 0.25) is 0 Å². The molecule has 68 heavy (non-hydrogen) atoms. The third-order valence-electron chi connectivity index (χ3n) is 12.0. The maximum atomic E-state index is 12.9. The van der Waals surface area contributed by atoms with Gasteiger partial charge < -0.3 is 24.2 Å². The van der Waals surface area contributed by atoms with Gasteiger partial charge in [-0.25, -0.2) is 4.57 Å². The van der Waals surface area contributed by atoms with Gasteiger partial charge in [-0.05, 0) is 77.0 Å². The summed E-state index contributed by atoms with van der Waals surface area (Å²) in [5.74, 6) is -1.47. The molecular weight excluding hydrogens is 880 g/mol. The number of aliphatic hydroxyl groups excluding tert-OH is 1. The fourth-order valence-corrected chi connectivity index (χ4v) is 8.52. The van der Waals surface area contributed by atoms with Crippen LogP contribution in [-0.2, 0) is 42.2 Å². The molecule has 0 aromatic rings. The fraction of sp³-hybridized carbons (Fsp3) is 0.839. The molecule has 0 aromatic heterocycles. The molecule has 0 aliphatic rings. The fourth-order valence-electron chi connectivity index (χ4n) is 7.73. The van der Waals surface area contributed by atoms with Crippen molar-refractivity contribution in [2.24, 2.45) is 0 Å². The van der Waals surface area contributed by atoms with Crippen molar-refractivity contribution in [2.45, 2.75) is 277 Å². The van der Waals surface area contributed by atoms with Crippen LogP contribution in [0.5, 0.6) is 0 Å². The van der Waals surface area contributed by atoms with E-state index in [0.29, 0.717) is 19.3 Å². The summed E-state index contributed by atoms with van der Waals surface area (Å²) >= 11 is 0. The third kappa shape index (κ3) is 48.7. The summed E-state index contributed by atoms with van der Waals surface area (Å²) in [6.45, 7) is 4.59. The molecule has 0 rings (SSSR count). The minimum atomic E-state index is -4.74. The number of hydrogen-bond donors (Lipinski definition) is 2. The zero-order valence-corrected chi connectivity index (χ0v) is 44.7. The van der Waals surface area contributed by atoms with E-state index in [4.69, 9.17) is 23.3 Å². The Labute approximate surface area is 416 Å². The normalized spacial score (nSPS) is 13.7. The van der Waals surface area contributed by atoms with Gasteiger partial charge in [-0.3, -0.25) is 23.4 Å². The number of phosphoric ester groups is 1. The van der Waals surface area contributed by atoms with Crippen molar-refractivity contribution >= 4 is 25.7 Å². The van der Waals surface area contributed by atoms with Gasteiger partial charge in [-0.2, -0.15) is 0 Å². The molecular formula is C56H103O11P. The maximum Gasteiger partial charge on any atom is 0.472 e. The quantitative estimate of drug-likeness (QED) is 0.0197. The van der Waals surface area contributed by atoms with Gasteiger partial charge in [-0.1, -0.05) is 205 Å². The lowest BCUT2D eigenvalue weighted by Crippen LogP contribution is -2.30. The number of carbonyl (C=O) groups excluding carboxylic acids is 3. The molecule has 0 aliphatic carbocycles. The second-order valence-electron chi connectivity index (χ2n) is 18.7. The van der Waals surface area contributed by atoms with Crippen LogP contribution in [0.25, 0.3) is 0 Å². The number of phosphoric acid groups is 1. The minimum absolute atomic E-state index is 0.163. The summed E-state index contributed by atoms with van der Waals surface area (Å²) in [4.78, 5) is 48.3. The summed E-state index contributed by atoms with van der Waals surface area (Å²) in [6.07, 6.45) is 51.1. The number of unbranched alkanes of at least 4 members (excludes halogenated alkanes) is 29. The molecule has 3 atom stereocenters. The standard InChI is InChI=1S/C56H103O11P/c1-4-7-10-13-16-19-21-23-25-26-28-30-32-35-38-41-44-47-56(60)67-53(49-63-54(58)45-42-39-36-33-18-15-12-9-6-3)51-65-68(61,62)64-50-52(48-57)66-55(59)46-43-40-37-34-31-29-27-24-22-20-17-14-11-8-5-2/h17,20,23-25,27,52-53,57H,4-16,18-19,21-22,26,28-51H2,1-3H3,(H,61,62)/b20-17-,25-23-,27-24-. The Morgan fingerprint density at radius 1 is 0.412 bits per heavy atom. The average molecular weight is 983 g/mol. The zero-order chi connectivity index (χ0) is 49.9. The SMILES string of the molecule is CCCCC/C=C\C/C=C\CCCCCCCC(=O)OC(CO)COP(=O)(O)OCC(COC(=O)CCCCCCCCCCC)OC(=O)CCCCCCCCC/C=C\CCCCCCCC. The molecule has 0 heterocycles. The average Bonchev–Trinajstić information content (AvgIpc) is 3.32. The number of hydrogen-bond acceptors (Lipinski definition) is 10. The Morgan fingerprint density at radius 3 is 1.13 bits per heavy atom. The van der Waals surface area contributed by atoms with Crippen molar-refractivity contribution in [1.29, 1.82) is 0 Å². The Kier molecular flexibility index (Phi) is 49.3. The van der Waals surface area contributed by atoms with Crippen LogP contribution in [0.15, 0.2) is 36.5 Å². The van der Waals surface area contributed by atoms with Crippen LogP contribution in [0.4, 0.5) is 0 Å². The first-order valence-corrected chi connectivity index (χ1v) is 29.4. The van der Waals surface area contributed by atoms with Crippen molar-refractivity contribution < 1.29 is 52.2 Å². The predicted octanol–water partition coefficient (Wildman–Crippen LogP) is 16.0. The van der Waals surface area contributed by atoms with E-state index < -0.39 is 57.8 Å². The molecule has 0 aromatic carbocycles. The van der Waals surface area contributed by atoms with E-state index >= 15 is 0 Å². The lowest BCUT2D eigenvalue weighted by atomic mass is 10.1. The van der Waals surface area contributed by atoms with E-state index in [9.17, 15) is 28.9 Å². The van der Waals surface area contributed by atoms with Crippen molar-refractivity contribution in [3.8, 4) is 0 Å². The molecule has 0 amide bonds. The summed E-state index contributed by atoms with van der Waals surface area (Å²) in [5, 5.41) is 9.79. The molecule has 0 spiro atoms. The Morgan fingerprint density at radius 2 is 0.721 bits per heavy atom. The highest BCUT2D eigenvalue weighted by atomic mass is 31.2. The van der Waals surface area contributed by atoms with Crippen LogP contribution in [-0.4, -0.2) is 66.5 Å². The van der Waals surface area contributed by atoms with E-state index in [0.717, 1.165) is 89.9 Å². The summed E-state index contributed by atoms with van der Waals surface area (Å²) < 4.78 is 39.4.